The van der Waals surface area contributed by atoms with E-state index in [2.05, 4.69) is 27.3 Å². The minimum atomic E-state index is -1.00. The van der Waals surface area contributed by atoms with E-state index in [1.165, 1.54) is 5.56 Å². The maximum Gasteiger partial charge on any atom is 0.354 e. The number of rotatable bonds is 9. The Balaban J connectivity index is 1.02. The van der Waals surface area contributed by atoms with Crippen LogP contribution >= 0.6 is 23.2 Å². The minimum absolute atomic E-state index is 0.0771. The summed E-state index contributed by atoms with van der Waals surface area (Å²) in [6, 6.07) is 9.61. The van der Waals surface area contributed by atoms with Gasteiger partial charge in [-0.1, -0.05) is 40.5 Å². The van der Waals surface area contributed by atoms with E-state index >= 15 is 0 Å². The number of aryl methyl sites for hydroxylation is 1. The van der Waals surface area contributed by atoms with Gasteiger partial charge in [-0.25, -0.2) is 9.78 Å². The van der Waals surface area contributed by atoms with Crippen molar-refractivity contribution in [3.63, 3.8) is 0 Å². The highest BCUT2D eigenvalue weighted by atomic mass is 35.5. The first-order valence-corrected chi connectivity index (χ1v) is 15.1. The predicted octanol–water partition coefficient (Wildman–Crippen LogP) is 8.41. The highest BCUT2D eigenvalue weighted by molar-refractivity contribution is 6.38. The van der Waals surface area contributed by atoms with Crippen LogP contribution in [-0.2, 0) is 17.8 Å². The third kappa shape index (κ3) is 5.13. The van der Waals surface area contributed by atoms with Crippen LogP contribution < -0.4 is 0 Å². The number of hydrogen-bond acceptors (Lipinski definition) is 6. The maximum absolute atomic E-state index is 11.2. The Morgan fingerprint density at radius 2 is 1.76 bits per heavy atom. The van der Waals surface area contributed by atoms with Crippen LogP contribution in [-0.4, -0.2) is 31.8 Å². The smallest absolute Gasteiger partial charge is 0.354 e. The van der Waals surface area contributed by atoms with Gasteiger partial charge in [0.25, 0.3) is 0 Å². The lowest BCUT2D eigenvalue weighted by atomic mass is 9.57. The van der Waals surface area contributed by atoms with Crippen LogP contribution in [0.1, 0.15) is 91.1 Å². The largest absolute Gasteiger partial charge is 0.477 e. The number of aromatic nitrogens is 3. The van der Waals surface area contributed by atoms with Crippen molar-refractivity contribution >= 4 is 40.1 Å². The fourth-order valence-corrected chi connectivity index (χ4v) is 7.41. The molecule has 8 rings (SSSR count). The molecule has 4 saturated carbocycles. The third-order valence-electron chi connectivity index (χ3n) is 9.63. The van der Waals surface area contributed by atoms with Gasteiger partial charge >= 0.3 is 5.97 Å². The Bertz CT molecular complexity index is 1600. The second kappa shape index (κ2) is 10.4. The molecule has 0 atom stereocenters. The molecular formula is C32H31Cl2N3O4. The number of aromatic carboxylic acids is 1. The molecule has 3 heterocycles. The monoisotopic (exact) mass is 591 g/mol. The van der Waals surface area contributed by atoms with E-state index in [0.29, 0.717) is 39.2 Å². The number of carbonyl (C=O) groups is 1. The fourth-order valence-electron chi connectivity index (χ4n) is 6.87. The zero-order valence-electron chi connectivity index (χ0n) is 22.7. The highest BCUT2D eigenvalue weighted by Crippen LogP contribution is 2.56. The van der Waals surface area contributed by atoms with Gasteiger partial charge in [-0.2, -0.15) is 0 Å². The number of carboxylic acid groups (broad SMARTS) is 1. The molecule has 1 aromatic carbocycles. The average molecular weight is 593 g/mol. The summed E-state index contributed by atoms with van der Waals surface area (Å²) in [4.78, 5) is 19.6. The Kier molecular flexibility index (Phi) is 6.80. The van der Waals surface area contributed by atoms with Gasteiger partial charge in [0.2, 0.25) is 0 Å². The standard InChI is InChI=1S/C32H31Cl2N3O4/c33-23-16-35-17-24(34)27(23)28-22(29(41-37-28)20-2-3-20)18-40-32-12-9-31(10-13-32,11-14-32)8-7-19-1-5-25-21(15-19)4-6-26(36-25)30(38)39/h1,4-6,15-17,20H,2-3,7-14,18H2,(H,38,39). The molecule has 0 unspecified atom stereocenters. The van der Waals surface area contributed by atoms with Crippen molar-refractivity contribution in [1.29, 1.82) is 0 Å². The Labute approximate surface area is 248 Å². The second-order valence-electron chi connectivity index (χ2n) is 12.1. The van der Waals surface area contributed by atoms with Gasteiger partial charge < -0.3 is 14.4 Å². The van der Waals surface area contributed by atoms with Crippen LogP contribution in [0.2, 0.25) is 10.0 Å². The van der Waals surface area contributed by atoms with Crippen LogP contribution in [0.15, 0.2) is 47.2 Å². The van der Waals surface area contributed by atoms with Gasteiger partial charge in [-0.3, -0.25) is 4.98 Å². The van der Waals surface area contributed by atoms with E-state index in [0.717, 1.165) is 86.4 Å². The molecular weight excluding hydrogens is 561 g/mol. The number of ether oxygens (including phenoxy) is 1. The van der Waals surface area contributed by atoms with Crippen molar-refractivity contribution < 1.29 is 19.2 Å². The zero-order chi connectivity index (χ0) is 28.2. The molecule has 0 aliphatic heterocycles. The molecule has 4 aliphatic carbocycles. The van der Waals surface area contributed by atoms with Crippen LogP contribution in [0.4, 0.5) is 0 Å². The summed E-state index contributed by atoms with van der Waals surface area (Å²) in [5.41, 5.74) is 4.62. The molecule has 4 fully saturated rings. The summed E-state index contributed by atoms with van der Waals surface area (Å²) >= 11 is 13.0. The zero-order valence-corrected chi connectivity index (χ0v) is 24.2. The molecule has 7 nitrogen and oxygen atoms in total. The summed E-state index contributed by atoms with van der Waals surface area (Å²) in [6.45, 7) is 0.446. The van der Waals surface area contributed by atoms with Crippen molar-refractivity contribution in [1.82, 2.24) is 15.1 Å². The normalized spacial score (nSPS) is 23.8. The van der Waals surface area contributed by atoms with E-state index < -0.39 is 5.97 Å². The lowest BCUT2D eigenvalue weighted by molar-refractivity contribution is -0.145. The number of nitrogens with zero attached hydrogens (tertiary/aromatic N) is 3. The average Bonchev–Trinajstić information content (AvgIpc) is 3.75. The van der Waals surface area contributed by atoms with Crippen molar-refractivity contribution in [2.24, 2.45) is 5.41 Å². The maximum atomic E-state index is 11.2. The molecule has 212 valence electrons. The van der Waals surface area contributed by atoms with E-state index in [4.69, 9.17) is 32.5 Å². The summed E-state index contributed by atoms with van der Waals surface area (Å²) in [6.07, 6.45) is 14.2. The fraction of sp³-hybridized carbons (Fsp3) is 0.438. The number of halogens is 2. The van der Waals surface area contributed by atoms with E-state index in [-0.39, 0.29) is 11.3 Å². The van der Waals surface area contributed by atoms with Crippen molar-refractivity contribution in [3.8, 4) is 11.3 Å². The molecule has 41 heavy (non-hydrogen) atoms. The predicted molar refractivity (Wildman–Crippen MR) is 156 cm³/mol. The second-order valence-corrected chi connectivity index (χ2v) is 12.9. The molecule has 4 aliphatic rings. The Hall–Kier alpha value is -3.00. The van der Waals surface area contributed by atoms with Crippen molar-refractivity contribution in [3.05, 3.63) is 75.4 Å². The van der Waals surface area contributed by atoms with E-state index in [1.807, 2.05) is 12.1 Å². The van der Waals surface area contributed by atoms with Crippen LogP contribution in [0.3, 0.4) is 0 Å². The topological polar surface area (TPSA) is 98.3 Å². The molecule has 3 aromatic heterocycles. The number of benzene rings is 1. The first-order chi connectivity index (χ1) is 19.8. The van der Waals surface area contributed by atoms with Crippen LogP contribution in [0.25, 0.3) is 22.2 Å². The summed E-state index contributed by atoms with van der Waals surface area (Å²) in [5, 5.41) is 15.5. The molecule has 9 heteroatoms. The molecule has 0 amide bonds. The number of pyridine rings is 2. The Morgan fingerprint density at radius 3 is 2.44 bits per heavy atom. The third-order valence-corrected chi connectivity index (χ3v) is 10.2. The van der Waals surface area contributed by atoms with Crippen molar-refractivity contribution in [2.45, 2.75) is 82.3 Å². The number of carboxylic acids is 1. The van der Waals surface area contributed by atoms with Gasteiger partial charge in [0, 0.05) is 34.8 Å². The molecule has 0 saturated heterocycles. The van der Waals surface area contributed by atoms with Crippen LogP contribution in [0, 0.1) is 5.41 Å². The lowest BCUT2D eigenvalue weighted by Gasteiger charge is -2.53. The Morgan fingerprint density at radius 1 is 1.02 bits per heavy atom. The van der Waals surface area contributed by atoms with Crippen molar-refractivity contribution in [2.75, 3.05) is 0 Å². The molecule has 0 radical (unpaired) electrons. The van der Waals surface area contributed by atoms with Gasteiger partial charge in [0.05, 0.1) is 27.8 Å². The number of fused-ring (bicyclic) bond motifs is 4. The van der Waals surface area contributed by atoms with Crippen LogP contribution in [0.5, 0.6) is 0 Å². The summed E-state index contributed by atoms with van der Waals surface area (Å²) in [5.74, 6) is 0.297. The quantitative estimate of drug-likeness (QED) is 0.208. The minimum Gasteiger partial charge on any atom is -0.477 e. The SMILES string of the molecule is O=C(O)c1ccc2cc(CCC34CCC(OCc5c(-c6c(Cl)cncc6Cl)noc5C5CC5)(CC3)CC4)ccc2n1. The van der Waals surface area contributed by atoms with Gasteiger partial charge in [0.15, 0.2) is 0 Å². The van der Waals surface area contributed by atoms with E-state index in [9.17, 15) is 9.90 Å². The lowest BCUT2D eigenvalue weighted by Crippen LogP contribution is -2.47. The molecule has 0 spiro atoms. The molecule has 4 aromatic rings. The van der Waals surface area contributed by atoms with Gasteiger partial charge in [-0.15, -0.1) is 0 Å². The summed E-state index contributed by atoms with van der Waals surface area (Å²) < 4.78 is 12.6. The van der Waals surface area contributed by atoms with Gasteiger partial charge in [0.1, 0.15) is 17.1 Å². The first-order valence-electron chi connectivity index (χ1n) is 14.4. The first kappa shape index (κ1) is 26.9. The summed E-state index contributed by atoms with van der Waals surface area (Å²) in [7, 11) is 0. The molecule has 1 N–H and O–H groups in total. The van der Waals surface area contributed by atoms with E-state index in [1.54, 1.807) is 18.5 Å². The number of hydrogen-bond donors (Lipinski definition) is 1. The molecule has 2 bridgehead atoms. The van der Waals surface area contributed by atoms with Gasteiger partial charge in [-0.05, 0) is 93.4 Å². The highest BCUT2D eigenvalue weighted by Gasteiger charge is 2.49.